The number of hydrogen-bond donors (Lipinski definition) is 2. The molecule has 170 valence electrons. The number of aromatic nitrogens is 2. The van der Waals surface area contributed by atoms with Crippen LogP contribution in [0, 0.1) is 0 Å². The molecular formula is C26H28N4O2S. The number of nitrogens with zero attached hydrogens (tertiary/aromatic N) is 2. The van der Waals surface area contributed by atoms with Gasteiger partial charge in [0.2, 0.25) is 0 Å². The van der Waals surface area contributed by atoms with E-state index in [0.29, 0.717) is 28.6 Å². The standard InChI is InChI=1S/C26H28N4O2S/c1-2-23(27-18-8-4-3-5-9-18)28-25(31)17-12-14-19(15-13-17)30-26(32)21-16-33-22-11-7-6-10-20(22)24(21)29-30/h6-7,10-16,18,23,27H,2-5,8-9H2,1H3,(H,28,31). The molecule has 1 fully saturated rings. The molecule has 1 atom stereocenters. The lowest BCUT2D eigenvalue weighted by molar-refractivity contribution is 0.0922. The molecule has 7 heteroatoms. The fourth-order valence-electron chi connectivity index (χ4n) is 4.59. The molecule has 2 aromatic rings. The Balaban J connectivity index is 1.35. The van der Waals surface area contributed by atoms with E-state index >= 15 is 0 Å². The first-order valence-electron chi connectivity index (χ1n) is 11.7. The molecule has 1 amide bonds. The Morgan fingerprint density at radius 2 is 1.88 bits per heavy atom. The van der Waals surface area contributed by atoms with E-state index in [4.69, 9.17) is 0 Å². The van der Waals surface area contributed by atoms with Crippen molar-refractivity contribution >= 4 is 27.3 Å². The van der Waals surface area contributed by atoms with E-state index in [1.165, 1.54) is 36.8 Å². The normalized spacial score (nSPS) is 15.7. The van der Waals surface area contributed by atoms with Gasteiger partial charge in [-0.05, 0) is 49.6 Å². The van der Waals surface area contributed by atoms with Crippen molar-refractivity contribution in [2.45, 2.75) is 57.7 Å². The topological polar surface area (TPSA) is 76.0 Å². The average molecular weight is 461 g/mol. The lowest BCUT2D eigenvalue weighted by Crippen LogP contribution is -2.49. The Kier molecular flexibility index (Phi) is 6.24. The van der Waals surface area contributed by atoms with Crippen LogP contribution in [0.25, 0.3) is 27.0 Å². The monoisotopic (exact) mass is 460 g/mol. The van der Waals surface area contributed by atoms with Gasteiger partial charge in [-0.1, -0.05) is 44.4 Å². The third-order valence-corrected chi connectivity index (χ3v) is 7.42. The molecular weight excluding hydrogens is 432 g/mol. The molecule has 2 aliphatic heterocycles. The number of hydrogen-bond acceptors (Lipinski definition) is 5. The Labute approximate surface area is 197 Å². The van der Waals surface area contributed by atoms with Gasteiger partial charge in [-0.3, -0.25) is 14.9 Å². The van der Waals surface area contributed by atoms with Crippen LogP contribution in [0.15, 0.2) is 58.7 Å². The minimum absolute atomic E-state index is 0.0422. The lowest BCUT2D eigenvalue weighted by atomic mass is 9.95. The van der Waals surface area contributed by atoms with E-state index in [2.05, 4.69) is 22.7 Å². The van der Waals surface area contributed by atoms with Gasteiger partial charge in [-0.25, -0.2) is 0 Å². The summed E-state index contributed by atoms with van der Waals surface area (Å²) in [7, 11) is 0. The van der Waals surface area contributed by atoms with Gasteiger partial charge < -0.3 is 5.32 Å². The molecule has 6 nitrogen and oxygen atoms in total. The van der Waals surface area contributed by atoms with Gasteiger partial charge in [0.1, 0.15) is 5.69 Å². The summed E-state index contributed by atoms with van der Waals surface area (Å²) in [6, 6.07) is 15.5. The second kappa shape index (κ2) is 9.45. The van der Waals surface area contributed by atoms with Gasteiger partial charge >= 0.3 is 0 Å². The SMILES string of the molecule is CCC(NC(=O)c1ccc(-n2nc3c4ccccc4scc-3c2=O)cc1)NC1CCCCC1. The third-order valence-electron chi connectivity index (χ3n) is 6.45. The number of rotatable bonds is 6. The molecule has 3 aliphatic rings. The largest absolute Gasteiger partial charge is 0.337 e. The lowest BCUT2D eigenvalue weighted by Gasteiger charge is -2.28. The first-order valence-corrected chi connectivity index (χ1v) is 12.6. The molecule has 2 N–H and O–H groups in total. The first-order chi connectivity index (χ1) is 16.1. The molecule has 2 aromatic carbocycles. The molecule has 0 aromatic heterocycles. The van der Waals surface area contributed by atoms with Crippen molar-refractivity contribution in [3.63, 3.8) is 0 Å². The minimum Gasteiger partial charge on any atom is -0.337 e. The Bertz CT molecular complexity index is 1290. The summed E-state index contributed by atoms with van der Waals surface area (Å²) in [5.41, 5.74) is 2.39. The summed E-state index contributed by atoms with van der Waals surface area (Å²) in [5, 5.41) is 14.2. The molecule has 1 saturated carbocycles. The van der Waals surface area contributed by atoms with Crippen LogP contribution in [-0.4, -0.2) is 27.9 Å². The third kappa shape index (κ3) is 4.43. The van der Waals surface area contributed by atoms with Crippen molar-refractivity contribution in [1.29, 1.82) is 0 Å². The number of fused-ring (bicyclic) bond motifs is 3. The fraction of sp³-hybridized carbons (Fsp3) is 0.346. The molecule has 0 spiro atoms. The highest BCUT2D eigenvalue weighted by atomic mass is 32.1. The van der Waals surface area contributed by atoms with Crippen molar-refractivity contribution in [1.82, 2.24) is 20.4 Å². The highest BCUT2D eigenvalue weighted by molar-refractivity contribution is 7.17. The van der Waals surface area contributed by atoms with Crippen LogP contribution >= 0.6 is 11.3 Å². The van der Waals surface area contributed by atoms with Crippen LogP contribution < -0.4 is 16.2 Å². The van der Waals surface area contributed by atoms with E-state index in [0.717, 1.165) is 16.5 Å². The molecule has 0 radical (unpaired) electrons. The number of carbonyl (C=O) groups is 1. The molecule has 0 saturated heterocycles. The van der Waals surface area contributed by atoms with Crippen LogP contribution in [0.3, 0.4) is 0 Å². The highest BCUT2D eigenvalue weighted by Crippen LogP contribution is 2.30. The molecule has 0 bridgehead atoms. The molecule has 2 heterocycles. The zero-order valence-electron chi connectivity index (χ0n) is 18.7. The second-order valence-electron chi connectivity index (χ2n) is 8.69. The molecule has 5 rings (SSSR count). The predicted molar refractivity (Wildman–Crippen MR) is 133 cm³/mol. The average Bonchev–Trinajstić information content (AvgIpc) is 3.21. The van der Waals surface area contributed by atoms with Crippen molar-refractivity contribution < 1.29 is 4.79 Å². The van der Waals surface area contributed by atoms with E-state index in [-0.39, 0.29) is 17.6 Å². The summed E-state index contributed by atoms with van der Waals surface area (Å²) in [5.74, 6) is -0.113. The number of nitrogens with one attached hydrogen (secondary N) is 2. The van der Waals surface area contributed by atoms with E-state index < -0.39 is 0 Å². The summed E-state index contributed by atoms with van der Waals surface area (Å²) < 4.78 is 2.51. The van der Waals surface area contributed by atoms with Crippen molar-refractivity contribution in [3.8, 4) is 16.9 Å². The summed E-state index contributed by atoms with van der Waals surface area (Å²) >= 11 is 1.54. The summed E-state index contributed by atoms with van der Waals surface area (Å²) in [4.78, 5) is 25.8. The van der Waals surface area contributed by atoms with E-state index in [1.54, 1.807) is 35.6 Å². The maximum atomic E-state index is 13.0. The maximum absolute atomic E-state index is 13.0. The van der Waals surface area contributed by atoms with E-state index in [1.807, 2.05) is 29.6 Å². The van der Waals surface area contributed by atoms with Crippen molar-refractivity contribution in [2.75, 3.05) is 0 Å². The number of benzene rings is 2. The first kappa shape index (κ1) is 21.8. The van der Waals surface area contributed by atoms with Gasteiger partial charge in [-0.2, -0.15) is 9.78 Å². The van der Waals surface area contributed by atoms with Crippen LogP contribution in [0.5, 0.6) is 0 Å². The van der Waals surface area contributed by atoms with Crippen LogP contribution in [-0.2, 0) is 0 Å². The highest BCUT2D eigenvalue weighted by Gasteiger charge is 2.21. The second-order valence-corrected chi connectivity index (χ2v) is 9.61. The van der Waals surface area contributed by atoms with Gasteiger partial charge in [0.25, 0.3) is 11.5 Å². The number of carbonyl (C=O) groups excluding carboxylic acids is 1. The maximum Gasteiger partial charge on any atom is 0.281 e. The van der Waals surface area contributed by atoms with Crippen molar-refractivity contribution in [2.24, 2.45) is 0 Å². The van der Waals surface area contributed by atoms with Crippen LogP contribution in [0.4, 0.5) is 0 Å². The van der Waals surface area contributed by atoms with Gasteiger partial charge in [0, 0.05) is 27.1 Å². The molecule has 33 heavy (non-hydrogen) atoms. The van der Waals surface area contributed by atoms with Crippen LogP contribution in [0.2, 0.25) is 0 Å². The Hall–Kier alpha value is -3.03. The van der Waals surface area contributed by atoms with Gasteiger partial charge in [-0.15, -0.1) is 11.3 Å². The molecule has 1 unspecified atom stereocenters. The zero-order valence-corrected chi connectivity index (χ0v) is 19.5. The summed E-state index contributed by atoms with van der Waals surface area (Å²) in [6.45, 7) is 2.08. The van der Waals surface area contributed by atoms with Gasteiger partial charge in [0.05, 0.1) is 17.4 Å². The number of amides is 1. The van der Waals surface area contributed by atoms with Gasteiger partial charge in [0.15, 0.2) is 0 Å². The smallest absolute Gasteiger partial charge is 0.281 e. The zero-order chi connectivity index (χ0) is 22.8. The Morgan fingerprint density at radius 3 is 2.64 bits per heavy atom. The molecule has 1 aliphatic carbocycles. The summed E-state index contributed by atoms with van der Waals surface area (Å²) in [6.07, 6.45) is 6.95. The Morgan fingerprint density at radius 1 is 1.12 bits per heavy atom. The van der Waals surface area contributed by atoms with Crippen molar-refractivity contribution in [3.05, 3.63) is 69.8 Å². The quantitative estimate of drug-likeness (QED) is 0.400. The fourth-order valence-corrected chi connectivity index (χ4v) is 5.50. The van der Waals surface area contributed by atoms with E-state index in [9.17, 15) is 9.59 Å². The van der Waals surface area contributed by atoms with Crippen LogP contribution in [0.1, 0.15) is 55.8 Å². The predicted octanol–water partition coefficient (Wildman–Crippen LogP) is 4.94. The minimum atomic E-state index is -0.146.